The van der Waals surface area contributed by atoms with E-state index in [0.717, 1.165) is 32.7 Å². The van der Waals surface area contributed by atoms with E-state index in [2.05, 4.69) is 0 Å². The summed E-state index contributed by atoms with van der Waals surface area (Å²) in [4.78, 5) is 15.7. The van der Waals surface area contributed by atoms with Gasteiger partial charge in [-0.25, -0.2) is 15.0 Å². The van der Waals surface area contributed by atoms with Gasteiger partial charge in [-0.1, -0.05) is 158 Å². The quantitative estimate of drug-likeness (QED) is 0.147. The molecule has 0 aliphatic heterocycles. The van der Waals surface area contributed by atoms with Gasteiger partial charge in [0.2, 0.25) is 0 Å². The lowest BCUT2D eigenvalue weighted by molar-refractivity contribution is 0.483. The molecular formula is C53H36N4O. The molecule has 1 heterocycles. The number of para-hydroxylation sites is 2. The molecule has 5 heteroatoms. The maximum Gasteiger partial charge on any atom is 0.164 e. The van der Waals surface area contributed by atoms with Gasteiger partial charge in [0.05, 0.1) is 19.2 Å². The number of aromatic nitrogens is 3. The molecule has 0 amide bonds. The van der Waals surface area contributed by atoms with Gasteiger partial charge in [0.15, 0.2) is 17.5 Å². The Morgan fingerprint density at radius 3 is 1.40 bits per heavy atom. The van der Waals surface area contributed by atoms with Gasteiger partial charge < -0.3 is 9.64 Å². The number of fused-ring (bicyclic) bond motifs is 2. The first kappa shape index (κ1) is 22.6. The highest BCUT2D eigenvalue weighted by Gasteiger charge is 2.17. The van der Waals surface area contributed by atoms with Crippen LogP contribution in [-0.4, -0.2) is 15.0 Å². The van der Waals surface area contributed by atoms with Crippen LogP contribution < -0.4 is 9.64 Å². The summed E-state index contributed by atoms with van der Waals surface area (Å²) in [6, 6.07) is 30.0. The van der Waals surface area contributed by atoms with Crippen molar-refractivity contribution in [1.82, 2.24) is 15.0 Å². The van der Waals surface area contributed by atoms with E-state index in [0.29, 0.717) is 33.7 Å². The molecule has 0 saturated carbocycles. The minimum absolute atomic E-state index is 0.182. The van der Waals surface area contributed by atoms with Crippen LogP contribution in [0.4, 0.5) is 17.1 Å². The highest BCUT2D eigenvalue weighted by Crippen LogP contribution is 2.37. The number of rotatable bonds is 9. The number of hydrogen-bond acceptors (Lipinski definition) is 5. The maximum atomic E-state index is 9.30. The first-order chi connectivity index (χ1) is 34.5. The number of hydrogen-bond donors (Lipinski definition) is 0. The van der Waals surface area contributed by atoms with E-state index in [4.69, 9.17) is 33.4 Å². The topological polar surface area (TPSA) is 51.1 Å². The second-order valence-electron chi connectivity index (χ2n) is 13.0. The monoisotopic (exact) mass is 758 g/mol. The van der Waals surface area contributed by atoms with Crippen molar-refractivity contribution in [3.8, 4) is 56.8 Å². The molecule has 5 nitrogen and oxygen atoms in total. The fourth-order valence-corrected chi connectivity index (χ4v) is 6.74. The number of ether oxygens (including phenoxy) is 1. The van der Waals surface area contributed by atoms with Gasteiger partial charge >= 0.3 is 0 Å². The van der Waals surface area contributed by atoms with Crippen molar-refractivity contribution in [1.29, 1.82) is 0 Å². The minimum atomic E-state index is -0.881. The molecule has 10 rings (SSSR count). The molecule has 0 bridgehead atoms. The maximum absolute atomic E-state index is 9.30. The Bertz CT molecular complexity index is 3630. The van der Waals surface area contributed by atoms with Crippen molar-refractivity contribution in [2.24, 2.45) is 0 Å². The van der Waals surface area contributed by atoms with Crippen LogP contribution in [0.5, 0.6) is 11.5 Å². The highest BCUT2D eigenvalue weighted by molar-refractivity contribution is 5.97. The van der Waals surface area contributed by atoms with E-state index in [1.165, 1.54) is 6.07 Å². The molecule has 274 valence electrons. The van der Waals surface area contributed by atoms with Crippen LogP contribution in [0.2, 0.25) is 0 Å². The molecule has 0 aliphatic carbocycles. The second-order valence-corrected chi connectivity index (χ2v) is 13.0. The van der Waals surface area contributed by atoms with Crippen LogP contribution in [0.15, 0.2) is 218 Å². The summed E-state index contributed by atoms with van der Waals surface area (Å²) >= 11 is 0. The summed E-state index contributed by atoms with van der Waals surface area (Å²) in [5.41, 5.74) is -0.00743. The third-order valence-electron chi connectivity index (χ3n) is 9.40. The summed E-state index contributed by atoms with van der Waals surface area (Å²) in [7, 11) is 0. The predicted octanol–water partition coefficient (Wildman–Crippen LogP) is 14.1. The van der Waals surface area contributed by atoms with Gasteiger partial charge in [-0.3, -0.25) is 0 Å². The third kappa shape index (κ3) is 6.93. The van der Waals surface area contributed by atoms with E-state index in [9.17, 15) is 5.48 Å². The van der Waals surface area contributed by atoms with Crippen LogP contribution in [0.3, 0.4) is 0 Å². The van der Waals surface area contributed by atoms with E-state index >= 15 is 0 Å². The molecule has 1 aromatic heterocycles. The molecule has 0 fully saturated rings. The van der Waals surface area contributed by atoms with Gasteiger partial charge in [0, 0.05) is 33.8 Å². The molecule has 0 radical (unpaired) electrons. The molecule has 0 aliphatic rings. The fourth-order valence-electron chi connectivity index (χ4n) is 6.74. The Balaban J connectivity index is 1.07. The van der Waals surface area contributed by atoms with Crippen LogP contribution in [-0.2, 0) is 0 Å². The van der Waals surface area contributed by atoms with Crippen LogP contribution >= 0.6 is 0 Å². The van der Waals surface area contributed by atoms with Gasteiger partial charge in [0.1, 0.15) is 11.5 Å². The molecular weight excluding hydrogens is 709 g/mol. The first-order valence-electron chi connectivity index (χ1n) is 25.2. The van der Waals surface area contributed by atoms with Gasteiger partial charge in [-0.15, -0.1) is 0 Å². The summed E-state index contributed by atoms with van der Waals surface area (Å²) in [5.74, 6) is 1.92. The first-order valence-corrected chi connectivity index (χ1v) is 18.2. The van der Waals surface area contributed by atoms with Crippen LogP contribution in [0.1, 0.15) is 19.2 Å². The third-order valence-corrected chi connectivity index (χ3v) is 9.40. The second kappa shape index (κ2) is 15.3. The van der Waals surface area contributed by atoms with Crippen molar-refractivity contribution in [3.05, 3.63) is 218 Å². The Kier molecular flexibility index (Phi) is 5.98. The van der Waals surface area contributed by atoms with Gasteiger partial charge in [-0.05, 0) is 93.2 Å². The number of anilines is 3. The fraction of sp³-hybridized carbons (Fsp3) is 0. The van der Waals surface area contributed by atoms with Crippen molar-refractivity contribution < 1.29 is 23.9 Å². The minimum Gasteiger partial charge on any atom is -0.457 e. The van der Waals surface area contributed by atoms with Crippen LogP contribution in [0.25, 0.3) is 66.8 Å². The Morgan fingerprint density at radius 1 is 0.379 bits per heavy atom. The summed E-state index contributed by atoms with van der Waals surface area (Å²) in [6.07, 6.45) is 0. The van der Waals surface area contributed by atoms with Gasteiger partial charge in [-0.2, -0.15) is 0 Å². The molecule has 0 atom stereocenters. The van der Waals surface area contributed by atoms with E-state index in [1.54, 1.807) is 36.4 Å². The summed E-state index contributed by atoms with van der Waals surface area (Å²) in [6.45, 7) is 0. The van der Waals surface area contributed by atoms with Crippen molar-refractivity contribution >= 4 is 38.6 Å². The van der Waals surface area contributed by atoms with Crippen molar-refractivity contribution in [3.63, 3.8) is 0 Å². The molecule has 9 aromatic carbocycles. The largest absolute Gasteiger partial charge is 0.457 e. The lowest BCUT2D eigenvalue weighted by Gasteiger charge is -2.25. The number of nitrogens with zero attached hydrogens (tertiary/aromatic N) is 4. The molecule has 58 heavy (non-hydrogen) atoms. The van der Waals surface area contributed by atoms with Crippen molar-refractivity contribution in [2.45, 2.75) is 0 Å². The lowest BCUT2D eigenvalue weighted by Crippen LogP contribution is -2.09. The Morgan fingerprint density at radius 2 is 0.828 bits per heavy atom. The molecule has 0 unspecified atom stereocenters. The summed E-state index contributed by atoms with van der Waals surface area (Å²) in [5, 5.41) is 3.98. The highest BCUT2D eigenvalue weighted by atomic mass is 16.5. The molecule has 0 saturated heterocycles. The molecule has 10 aromatic rings. The lowest BCUT2D eigenvalue weighted by atomic mass is 10.0. The standard InChI is InChI=1S/C53H36N4O/c1-3-21-42(22-4-1)57(43-23-5-2-6-24-43)44-33-31-37(32-34-44)40-19-11-25-45(35-40)58-46-26-12-20-41(36-46)51-54-52(49-29-13-17-38-15-7-9-27-47(38)49)56-53(55-51)50-30-14-18-39-16-8-10-28-48(39)50/h1-36H/i1D,2D,3D,4D,5D,6D,21D,22D,23D,24D,31D,32D,33D,34D. The van der Waals surface area contributed by atoms with Crippen LogP contribution in [0, 0.1) is 0 Å². The number of benzene rings is 9. The average molecular weight is 759 g/mol. The van der Waals surface area contributed by atoms with Gasteiger partial charge in [0.25, 0.3) is 0 Å². The molecule has 0 N–H and O–H groups in total. The zero-order chi connectivity index (χ0) is 50.9. The van der Waals surface area contributed by atoms with E-state index in [-0.39, 0.29) is 16.9 Å². The van der Waals surface area contributed by atoms with Crippen molar-refractivity contribution in [2.75, 3.05) is 4.90 Å². The molecule has 0 spiro atoms. The average Bonchev–Trinajstić information content (AvgIpc) is 3.40. The summed E-state index contributed by atoms with van der Waals surface area (Å²) < 4.78 is 129. The Labute approximate surface area is 356 Å². The predicted molar refractivity (Wildman–Crippen MR) is 238 cm³/mol. The zero-order valence-corrected chi connectivity index (χ0v) is 30.4. The van der Waals surface area contributed by atoms with E-state index < -0.39 is 102 Å². The zero-order valence-electron chi connectivity index (χ0n) is 44.4. The SMILES string of the molecule is [2H]c1c([2H])c([2H])c(N(c2c([2H])c([2H])c([2H])c([2H])c2[2H])c2c([2H])c([2H])c(-c3cccc(Oc4cccc(-c5nc(-c6cccc7ccccc67)nc(-c6cccc7ccccc67)n5)c4)c3)c([2H])c2[2H])c([2H])c1[2H]. The smallest absolute Gasteiger partial charge is 0.164 e. The normalized spacial score (nSPS) is 14.5. The van der Waals surface area contributed by atoms with E-state index in [1.807, 2.05) is 91.0 Å². The Hall–Kier alpha value is -7.89.